The SMILES string of the molecule is CC=CCC(OC)/C(C)=C/c1csc(C)n1. The number of thiazole rings is 1. The lowest BCUT2D eigenvalue weighted by Gasteiger charge is -2.13. The van der Waals surface area contributed by atoms with E-state index in [1.165, 1.54) is 5.57 Å². The smallest absolute Gasteiger partial charge is 0.0901 e. The molecule has 88 valence electrons. The van der Waals surface area contributed by atoms with Crippen molar-refractivity contribution >= 4 is 17.4 Å². The molecule has 0 bridgehead atoms. The number of hydrogen-bond acceptors (Lipinski definition) is 3. The molecule has 1 unspecified atom stereocenters. The number of methoxy groups -OCH3 is 1. The molecule has 3 heteroatoms. The Bertz CT molecular complexity index is 379. The molecule has 0 saturated heterocycles. The molecule has 0 amide bonds. The number of rotatable bonds is 5. The van der Waals surface area contributed by atoms with Gasteiger partial charge >= 0.3 is 0 Å². The first kappa shape index (κ1) is 13.1. The fraction of sp³-hybridized carbons (Fsp3) is 0.462. The Balaban J connectivity index is 2.73. The minimum absolute atomic E-state index is 0.151. The lowest BCUT2D eigenvalue weighted by Crippen LogP contribution is -2.10. The Morgan fingerprint density at radius 2 is 2.38 bits per heavy atom. The molecule has 0 radical (unpaired) electrons. The molecule has 1 atom stereocenters. The van der Waals surface area contributed by atoms with E-state index in [0.717, 1.165) is 17.1 Å². The minimum atomic E-state index is 0.151. The van der Waals surface area contributed by atoms with E-state index in [2.05, 4.69) is 29.4 Å². The molecular weight excluding hydrogens is 218 g/mol. The minimum Gasteiger partial charge on any atom is -0.377 e. The Labute approximate surface area is 102 Å². The summed E-state index contributed by atoms with van der Waals surface area (Å²) in [6.45, 7) is 6.13. The van der Waals surface area contributed by atoms with Crippen molar-refractivity contribution in [2.45, 2.75) is 33.3 Å². The van der Waals surface area contributed by atoms with Crippen LogP contribution in [0.2, 0.25) is 0 Å². The third kappa shape index (κ3) is 3.91. The molecule has 0 saturated carbocycles. The van der Waals surface area contributed by atoms with Gasteiger partial charge in [0.15, 0.2) is 0 Å². The van der Waals surface area contributed by atoms with Crippen LogP contribution in [0.1, 0.15) is 31.0 Å². The second-order valence-corrected chi connectivity index (χ2v) is 4.77. The second-order valence-electron chi connectivity index (χ2n) is 3.71. The Kier molecular flexibility index (Phi) is 5.43. The van der Waals surface area contributed by atoms with Crippen LogP contribution in [-0.4, -0.2) is 18.2 Å². The van der Waals surface area contributed by atoms with E-state index < -0.39 is 0 Å². The number of allylic oxidation sites excluding steroid dienone is 1. The molecular formula is C13H19NOS. The standard InChI is InChI=1S/C13H19NOS/c1-5-6-7-13(15-4)10(2)8-12-9-16-11(3)14-12/h5-6,8-9,13H,7H2,1-4H3/b6-5?,10-8+. The average Bonchev–Trinajstić information content (AvgIpc) is 2.65. The largest absolute Gasteiger partial charge is 0.377 e. The van der Waals surface area contributed by atoms with Crippen LogP contribution >= 0.6 is 11.3 Å². The van der Waals surface area contributed by atoms with Gasteiger partial charge in [0.05, 0.1) is 16.8 Å². The number of nitrogens with zero attached hydrogens (tertiary/aromatic N) is 1. The zero-order valence-corrected chi connectivity index (χ0v) is 11.2. The number of hydrogen-bond donors (Lipinski definition) is 0. The first-order valence-electron chi connectivity index (χ1n) is 5.41. The first-order chi connectivity index (χ1) is 7.67. The van der Waals surface area contributed by atoms with Crippen LogP contribution in [0.5, 0.6) is 0 Å². The highest BCUT2D eigenvalue weighted by atomic mass is 32.1. The van der Waals surface area contributed by atoms with Crippen LogP contribution in [-0.2, 0) is 4.74 Å². The van der Waals surface area contributed by atoms with E-state index in [9.17, 15) is 0 Å². The van der Waals surface area contributed by atoms with Gasteiger partial charge in [0.25, 0.3) is 0 Å². The fourth-order valence-electron chi connectivity index (χ4n) is 1.50. The highest BCUT2D eigenvalue weighted by Crippen LogP contribution is 2.16. The Morgan fingerprint density at radius 3 is 2.88 bits per heavy atom. The summed E-state index contributed by atoms with van der Waals surface area (Å²) in [4.78, 5) is 4.42. The maximum absolute atomic E-state index is 5.45. The van der Waals surface area contributed by atoms with Crippen molar-refractivity contribution in [2.75, 3.05) is 7.11 Å². The summed E-state index contributed by atoms with van der Waals surface area (Å²) in [5.74, 6) is 0. The summed E-state index contributed by atoms with van der Waals surface area (Å²) in [5, 5.41) is 3.17. The molecule has 0 spiro atoms. The predicted molar refractivity (Wildman–Crippen MR) is 70.7 cm³/mol. The van der Waals surface area contributed by atoms with Crippen LogP contribution in [0.15, 0.2) is 23.1 Å². The van der Waals surface area contributed by atoms with Gasteiger partial charge in [-0.3, -0.25) is 0 Å². The van der Waals surface area contributed by atoms with Gasteiger partial charge in [-0.15, -0.1) is 11.3 Å². The number of aromatic nitrogens is 1. The summed E-state index contributed by atoms with van der Waals surface area (Å²) < 4.78 is 5.45. The molecule has 0 aliphatic rings. The molecule has 0 N–H and O–H groups in total. The van der Waals surface area contributed by atoms with Crippen molar-refractivity contribution in [1.29, 1.82) is 0 Å². The van der Waals surface area contributed by atoms with E-state index in [0.29, 0.717) is 0 Å². The van der Waals surface area contributed by atoms with Crippen LogP contribution in [0.25, 0.3) is 6.08 Å². The van der Waals surface area contributed by atoms with Crippen molar-refractivity contribution in [3.63, 3.8) is 0 Å². The average molecular weight is 237 g/mol. The van der Waals surface area contributed by atoms with E-state index in [1.807, 2.05) is 19.9 Å². The van der Waals surface area contributed by atoms with Gasteiger partial charge < -0.3 is 4.74 Å². The molecule has 1 aromatic heterocycles. The van der Waals surface area contributed by atoms with Crippen LogP contribution in [0.4, 0.5) is 0 Å². The summed E-state index contributed by atoms with van der Waals surface area (Å²) in [6.07, 6.45) is 7.34. The number of aryl methyl sites for hydroxylation is 1. The highest BCUT2D eigenvalue weighted by molar-refractivity contribution is 7.09. The quantitative estimate of drug-likeness (QED) is 0.726. The molecule has 1 aromatic rings. The fourth-order valence-corrected chi connectivity index (χ4v) is 2.07. The van der Waals surface area contributed by atoms with E-state index in [4.69, 9.17) is 4.74 Å². The highest BCUT2D eigenvalue weighted by Gasteiger charge is 2.08. The number of ether oxygens (including phenoxy) is 1. The van der Waals surface area contributed by atoms with Gasteiger partial charge in [-0.1, -0.05) is 12.2 Å². The maximum Gasteiger partial charge on any atom is 0.0901 e. The van der Waals surface area contributed by atoms with Crippen molar-refractivity contribution < 1.29 is 4.74 Å². The van der Waals surface area contributed by atoms with Crippen molar-refractivity contribution in [3.05, 3.63) is 33.8 Å². The summed E-state index contributed by atoms with van der Waals surface area (Å²) in [5.41, 5.74) is 2.24. The maximum atomic E-state index is 5.45. The third-order valence-electron chi connectivity index (χ3n) is 2.39. The third-order valence-corrected chi connectivity index (χ3v) is 3.18. The predicted octanol–water partition coefficient (Wildman–Crippen LogP) is 3.84. The molecule has 1 heterocycles. The first-order valence-corrected chi connectivity index (χ1v) is 6.29. The molecule has 0 fully saturated rings. The van der Waals surface area contributed by atoms with Crippen LogP contribution in [0.3, 0.4) is 0 Å². The second kappa shape index (κ2) is 6.61. The molecule has 2 nitrogen and oxygen atoms in total. The summed E-state index contributed by atoms with van der Waals surface area (Å²) in [7, 11) is 1.75. The molecule has 16 heavy (non-hydrogen) atoms. The molecule has 1 rings (SSSR count). The van der Waals surface area contributed by atoms with Crippen molar-refractivity contribution in [2.24, 2.45) is 0 Å². The zero-order valence-electron chi connectivity index (χ0n) is 10.4. The monoisotopic (exact) mass is 237 g/mol. The Morgan fingerprint density at radius 1 is 1.62 bits per heavy atom. The van der Waals surface area contributed by atoms with Gasteiger partial charge in [-0.25, -0.2) is 4.98 Å². The van der Waals surface area contributed by atoms with E-state index in [-0.39, 0.29) is 6.10 Å². The van der Waals surface area contributed by atoms with Gasteiger partial charge in [-0.2, -0.15) is 0 Å². The normalized spacial score (nSPS) is 14.6. The van der Waals surface area contributed by atoms with Gasteiger partial charge in [0, 0.05) is 12.5 Å². The molecule has 0 aromatic carbocycles. The topological polar surface area (TPSA) is 22.1 Å². The Hall–Kier alpha value is -0.930. The lowest BCUT2D eigenvalue weighted by molar-refractivity contribution is 0.135. The van der Waals surface area contributed by atoms with Gasteiger partial charge in [-0.05, 0) is 38.8 Å². The molecule has 0 aliphatic heterocycles. The van der Waals surface area contributed by atoms with Gasteiger partial charge in [0.2, 0.25) is 0 Å². The zero-order chi connectivity index (χ0) is 12.0. The summed E-state index contributed by atoms with van der Waals surface area (Å²) in [6, 6.07) is 0. The molecule has 0 aliphatic carbocycles. The van der Waals surface area contributed by atoms with Crippen molar-refractivity contribution in [3.8, 4) is 0 Å². The van der Waals surface area contributed by atoms with E-state index >= 15 is 0 Å². The van der Waals surface area contributed by atoms with Crippen LogP contribution < -0.4 is 0 Å². The van der Waals surface area contributed by atoms with Crippen LogP contribution in [0, 0.1) is 6.92 Å². The van der Waals surface area contributed by atoms with Gasteiger partial charge in [0.1, 0.15) is 0 Å². The lowest BCUT2D eigenvalue weighted by atomic mass is 10.1. The summed E-state index contributed by atoms with van der Waals surface area (Å²) >= 11 is 1.67. The van der Waals surface area contributed by atoms with E-state index in [1.54, 1.807) is 18.4 Å². The van der Waals surface area contributed by atoms with Crippen molar-refractivity contribution in [1.82, 2.24) is 4.98 Å².